The molecule has 1 aliphatic heterocycles. The molecule has 2 rings (SSSR count). The van der Waals surface area contributed by atoms with Crippen LogP contribution in [0.25, 0.3) is 0 Å². The van der Waals surface area contributed by atoms with Crippen molar-refractivity contribution in [1.82, 2.24) is 15.5 Å². The van der Waals surface area contributed by atoms with Gasteiger partial charge in [0.2, 0.25) is 0 Å². The van der Waals surface area contributed by atoms with Crippen LogP contribution in [0, 0.1) is 6.92 Å². The number of nitrogens with one attached hydrogen (secondary N) is 2. The molecule has 0 spiro atoms. The molecule has 25 heavy (non-hydrogen) atoms. The summed E-state index contributed by atoms with van der Waals surface area (Å²) in [5, 5.41) is 5.37. The average Bonchev–Trinajstić information content (AvgIpc) is 2.61. The molecule has 1 aliphatic rings. The first kappa shape index (κ1) is 19.2. The van der Waals surface area contributed by atoms with Gasteiger partial charge in [0.25, 0.3) is 5.91 Å². The van der Waals surface area contributed by atoms with Crippen molar-refractivity contribution in [3.8, 4) is 0 Å². The minimum atomic E-state index is -1.92. The monoisotopic (exact) mass is 351 g/mol. The second-order valence-corrected chi connectivity index (χ2v) is 6.35. The van der Waals surface area contributed by atoms with E-state index in [0.29, 0.717) is 13.2 Å². The van der Waals surface area contributed by atoms with Crippen LogP contribution in [0.1, 0.15) is 24.0 Å². The van der Waals surface area contributed by atoms with Gasteiger partial charge in [-0.1, -0.05) is 29.8 Å². The molecule has 0 saturated carbocycles. The molecule has 0 bridgehead atoms. The highest BCUT2D eigenvalue weighted by atomic mass is 19.1. The number of rotatable bonds is 6. The third-order valence-electron chi connectivity index (χ3n) is 4.41. The number of benzene rings is 1. The lowest BCUT2D eigenvalue weighted by Crippen LogP contribution is -2.54. The topological polar surface area (TPSA) is 70.7 Å². The van der Waals surface area contributed by atoms with E-state index in [1.807, 2.05) is 31.2 Å². The molecule has 1 aromatic rings. The van der Waals surface area contributed by atoms with Gasteiger partial charge < -0.3 is 20.3 Å². The number of nitrogens with zero attached hydrogens (tertiary/aromatic N) is 1. The highest BCUT2D eigenvalue weighted by Crippen LogP contribution is 2.26. The molecule has 0 aromatic heterocycles. The number of methoxy groups -OCH3 is 1. The Morgan fingerprint density at radius 2 is 1.84 bits per heavy atom. The predicted molar refractivity (Wildman–Crippen MR) is 92.9 cm³/mol. The van der Waals surface area contributed by atoms with Crippen LogP contribution in [0.2, 0.25) is 0 Å². The maximum atomic E-state index is 14.7. The van der Waals surface area contributed by atoms with Crippen molar-refractivity contribution in [3.63, 3.8) is 0 Å². The van der Waals surface area contributed by atoms with E-state index in [9.17, 15) is 14.0 Å². The maximum absolute atomic E-state index is 14.7. The molecular weight excluding hydrogens is 325 g/mol. The highest BCUT2D eigenvalue weighted by molar-refractivity contribution is 5.85. The number of halogens is 1. The van der Waals surface area contributed by atoms with E-state index in [1.165, 1.54) is 7.11 Å². The number of likely N-dealkylation sites (tertiary alicyclic amines) is 1. The van der Waals surface area contributed by atoms with Gasteiger partial charge in [-0.05, 0) is 12.5 Å². The Hall–Kier alpha value is -2.15. The van der Waals surface area contributed by atoms with Crippen molar-refractivity contribution < 1.29 is 18.7 Å². The number of hydrogen-bond acceptors (Lipinski definition) is 3. The van der Waals surface area contributed by atoms with Gasteiger partial charge >= 0.3 is 6.03 Å². The van der Waals surface area contributed by atoms with Crippen molar-refractivity contribution in [2.75, 3.05) is 33.4 Å². The lowest BCUT2D eigenvalue weighted by Gasteiger charge is -2.35. The first-order valence-corrected chi connectivity index (χ1v) is 8.49. The number of piperidine rings is 1. The Labute approximate surface area is 147 Å². The Morgan fingerprint density at radius 3 is 2.44 bits per heavy atom. The molecule has 3 amide bonds. The van der Waals surface area contributed by atoms with Crippen LogP contribution < -0.4 is 10.6 Å². The maximum Gasteiger partial charge on any atom is 0.317 e. The van der Waals surface area contributed by atoms with Crippen LogP contribution in [0.5, 0.6) is 0 Å². The lowest BCUT2D eigenvalue weighted by atomic mass is 9.92. The minimum Gasteiger partial charge on any atom is -0.383 e. The number of alkyl halides is 1. The summed E-state index contributed by atoms with van der Waals surface area (Å²) in [4.78, 5) is 25.7. The smallest absolute Gasteiger partial charge is 0.317 e. The van der Waals surface area contributed by atoms with Crippen LogP contribution in [-0.2, 0) is 16.1 Å². The standard InChI is InChI=1S/C18H26FN3O3/c1-14-3-5-15(6-4-14)13-21-17(24)22-10-7-18(19,8-11-22)16(23)20-9-12-25-2/h3-6H,7-13H2,1-2H3,(H,20,23)(H,21,24). The van der Waals surface area contributed by atoms with E-state index in [2.05, 4.69) is 10.6 Å². The number of urea groups is 1. The summed E-state index contributed by atoms with van der Waals surface area (Å²) in [5.41, 5.74) is 0.254. The number of hydrogen-bond donors (Lipinski definition) is 2. The lowest BCUT2D eigenvalue weighted by molar-refractivity contribution is -0.135. The number of ether oxygens (including phenoxy) is 1. The Kier molecular flexibility index (Phi) is 6.75. The summed E-state index contributed by atoms with van der Waals surface area (Å²) in [6, 6.07) is 7.66. The van der Waals surface area contributed by atoms with Crippen LogP contribution in [0.15, 0.2) is 24.3 Å². The summed E-state index contributed by atoms with van der Waals surface area (Å²) in [7, 11) is 1.52. The molecule has 138 valence electrons. The third kappa shape index (κ3) is 5.42. The second kappa shape index (κ2) is 8.80. The van der Waals surface area contributed by atoms with Crippen LogP contribution in [0.3, 0.4) is 0 Å². The summed E-state index contributed by atoms with van der Waals surface area (Å²) < 4.78 is 19.5. The molecular formula is C18H26FN3O3. The van der Waals surface area contributed by atoms with Crippen LogP contribution in [-0.4, -0.2) is 55.9 Å². The summed E-state index contributed by atoms with van der Waals surface area (Å²) in [6.45, 7) is 3.48. The van der Waals surface area contributed by atoms with Gasteiger partial charge in [-0.2, -0.15) is 0 Å². The molecule has 1 fully saturated rings. The molecule has 2 N–H and O–H groups in total. The van der Waals surface area contributed by atoms with Crippen molar-refractivity contribution in [2.24, 2.45) is 0 Å². The van der Waals surface area contributed by atoms with Crippen LogP contribution in [0.4, 0.5) is 9.18 Å². The largest absolute Gasteiger partial charge is 0.383 e. The quantitative estimate of drug-likeness (QED) is 0.768. The first-order valence-electron chi connectivity index (χ1n) is 8.49. The van der Waals surface area contributed by atoms with E-state index in [0.717, 1.165) is 11.1 Å². The zero-order valence-corrected chi connectivity index (χ0v) is 14.8. The van der Waals surface area contributed by atoms with Gasteiger partial charge in [0.1, 0.15) is 0 Å². The highest BCUT2D eigenvalue weighted by Gasteiger charge is 2.42. The molecule has 0 aliphatic carbocycles. The van der Waals surface area contributed by atoms with E-state index < -0.39 is 11.6 Å². The number of carbonyl (C=O) groups is 2. The SMILES string of the molecule is COCCNC(=O)C1(F)CCN(C(=O)NCc2ccc(C)cc2)CC1. The number of amides is 3. The van der Waals surface area contributed by atoms with Crippen molar-refractivity contribution >= 4 is 11.9 Å². The second-order valence-electron chi connectivity index (χ2n) is 6.35. The molecule has 1 heterocycles. The molecule has 7 heteroatoms. The molecule has 1 saturated heterocycles. The van der Waals surface area contributed by atoms with Crippen molar-refractivity contribution in [1.29, 1.82) is 0 Å². The molecule has 0 unspecified atom stereocenters. The normalized spacial score (nSPS) is 16.4. The molecule has 0 radical (unpaired) electrons. The number of carbonyl (C=O) groups excluding carboxylic acids is 2. The van der Waals surface area contributed by atoms with Gasteiger partial charge in [0.05, 0.1) is 6.61 Å². The van der Waals surface area contributed by atoms with E-state index in [-0.39, 0.29) is 38.5 Å². The predicted octanol–water partition coefficient (Wildman–Crippen LogP) is 1.77. The van der Waals surface area contributed by atoms with Gasteiger partial charge in [-0.15, -0.1) is 0 Å². The van der Waals surface area contributed by atoms with E-state index in [4.69, 9.17) is 4.74 Å². The fourth-order valence-electron chi connectivity index (χ4n) is 2.71. The summed E-state index contributed by atoms with van der Waals surface area (Å²) >= 11 is 0. The van der Waals surface area contributed by atoms with E-state index in [1.54, 1.807) is 4.90 Å². The fraction of sp³-hybridized carbons (Fsp3) is 0.556. The zero-order valence-electron chi connectivity index (χ0n) is 14.8. The van der Waals surface area contributed by atoms with Gasteiger partial charge in [0, 0.05) is 46.1 Å². The average molecular weight is 351 g/mol. The van der Waals surface area contributed by atoms with Crippen molar-refractivity contribution in [2.45, 2.75) is 32.0 Å². The van der Waals surface area contributed by atoms with Crippen molar-refractivity contribution in [3.05, 3.63) is 35.4 Å². The Morgan fingerprint density at radius 1 is 1.20 bits per heavy atom. The van der Waals surface area contributed by atoms with Gasteiger partial charge in [-0.25, -0.2) is 9.18 Å². The van der Waals surface area contributed by atoms with E-state index >= 15 is 0 Å². The first-order chi connectivity index (χ1) is 11.9. The van der Waals surface area contributed by atoms with Crippen LogP contribution >= 0.6 is 0 Å². The van der Waals surface area contributed by atoms with Gasteiger partial charge in [-0.3, -0.25) is 4.79 Å². The third-order valence-corrected chi connectivity index (χ3v) is 4.41. The zero-order chi connectivity index (χ0) is 18.3. The fourth-order valence-corrected chi connectivity index (χ4v) is 2.71. The Balaban J connectivity index is 1.77. The summed E-state index contributed by atoms with van der Waals surface area (Å²) in [6.07, 6.45) is 0.00747. The molecule has 0 atom stereocenters. The van der Waals surface area contributed by atoms with Gasteiger partial charge in [0.15, 0.2) is 5.67 Å². The Bertz CT molecular complexity index is 584. The minimum absolute atomic E-state index is 0.00374. The summed E-state index contributed by atoms with van der Waals surface area (Å²) in [5.74, 6) is -0.621. The molecule has 1 aromatic carbocycles. The molecule has 6 nitrogen and oxygen atoms in total. The number of aryl methyl sites for hydroxylation is 1.